The zero-order chi connectivity index (χ0) is 16.1. The van der Waals surface area contributed by atoms with E-state index in [-0.39, 0.29) is 5.57 Å². The molecule has 1 heterocycles. The molecule has 2 aromatic rings. The van der Waals surface area contributed by atoms with E-state index in [0.29, 0.717) is 5.13 Å². The van der Waals surface area contributed by atoms with Gasteiger partial charge in [0.15, 0.2) is 0 Å². The molecule has 0 aliphatic heterocycles. The third-order valence-corrected chi connectivity index (χ3v) is 3.89. The summed E-state index contributed by atoms with van der Waals surface area (Å²) < 4.78 is 0. The summed E-state index contributed by atoms with van der Waals surface area (Å²) in [6, 6.07) is 7.83. The largest absolute Gasteiger partial charge is 0.296 e. The van der Waals surface area contributed by atoms with E-state index < -0.39 is 5.91 Å². The van der Waals surface area contributed by atoms with Crippen molar-refractivity contribution in [2.45, 2.75) is 27.2 Å². The second-order valence-corrected chi connectivity index (χ2v) is 5.96. The van der Waals surface area contributed by atoms with Gasteiger partial charge in [0.2, 0.25) is 5.13 Å². The van der Waals surface area contributed by atoms with Crippen molar-refractivity contribution < 1.29 is 4.79 Å². The molecule has 0 radical (unpaired) electrons. The lowest BCUT2D eigenvalue weighted by molar-refractivity contribution is -0.112. The van der Waals surface area contributed by atoms with E-state index in [4.69, 9.17) is 0 Å². The highest BCUT2D eigenvalue weighted by atomic mass is 32.1. The topological polar surface area (TPSA) is 78.7 Å². The van der Waals surface area contributed by atoms with Gasteiger partial charge in [-0.2, -0.15) is 5.26 Å². The van der Waals surface area contributed by atoms with E-state index in [2.05, 4.69) is 15.5 Å². The minimum absolute atomic E-state index is 0.0400. The predicted molar refractivity (Wildman–Crippen MR) is 87.4 cm³/mol. The molecule has 1 N–H and O–H groups in total. The van der Waals surface area contributed by atoms with E-state index in [1.165, 1.54) is 11.3 Å². The summed E-state index contributed by atoms with van der Waals surface area (Å²) in [5.74, 6) is -0.472. The lowest BCUT2D eigenvalue weighted by atomic mass is 10.1. The number of nitrogens with zero attached hydrogens (tertiary/aromatic N) is 3. The standard InChI is InChI=1S/C16H16N4OS/c1-4-14-19-20-16(22-14)18-15(21)13(9-17)8-12-6-10(2)5-11(3)7-12/h5-8H,4H2,1-3H3,(H,18,20,21). The van der Waals surface area contributed by atoms with E-state index in [0.717, 1.165) is 28.1 Å². The third kappa shape index (κ3) is 3.99. The van der Waals surface area contributed by atoms with Gasteiger partial charge in [-0.05, 0) is 31.9 Å². The van der Waals surface area contributed by atoms with Crippen LogP contribution in [-0.2, 0) is 11.2 Å². The van der Waals surface area contributed by atoms with Crippen molar-refractivity contribution in [2.75, 3.05) is 5.32 Å². The number of nitrogens with one attached hydrogen (secondary N) is 1. The SMILES string of the molecule is CCc1nnc(NC(=O)C(C#N)=Cc2cc(C)cc(C)c2)s1. The monoisotopic (exact) mass is 312 g/mol. The second-order valence-electron chi connectivity index (χ2n) is 4.90. The van der Waals surface area contributed by atoms with Crippen LogP contribution in [0.3, 0.4) is 0 Å². The molecule has 1 aromatic carbocycles. The van der Waals surface area contributed by atoms with Gasteiger partial charge in [-0.3, -0.25) is 10.1 Å². The minimum Gasteiger partial charge on any atom is -0.296 e. The number of aryl methyl sites for hydroxylation is 3. The van der Waals surface area contributed by atoms with Crippen LogP contribution < -0.4 is 5.32 Å². The number of benzene rings is 1. The highest BCUT2D eigenvalue weighted by Gasteiger charge is 2.12. The molecule has 0 aliphatic carbocycles. The molecule has 0 unspecified atom stereocenters. The van der Waals surface area contributed by atoms with Crippen molar-refractivity contribution in [3.8, 4) is 6.07 Å². The Morgan fingerprint density at radius 1 is 1.32 bits per heavy atom. The quantitative estimate of drug-likeness (QED) is 0.694. The van der Waals surface area contributed by atoms with Gasteiger partial charge in [-0.1, -0.05) is 47.6 Å². The molecule has 0 fully saturated rings. The van der Waals surface area contributed by atoms with E-state index in [9.17, 15) is 10.1 Å². The van der Waals surface area contributed by atoms with E-state index in [1.807, 2.05) is 45.0 Å². The van der Waals surface area contributed by atoms with Crippen LogP contribution in [0.4, 0.5) is 5.13 Å². The number of carbonyl (C=O) groups excluding carboxylic acids is 1. The first kappa shape index (κ1) is 15.9. The average molecular weight is 312 g/mol. The minimum atomic E-state index is -0.472. The van der Waals surface area contributed by atoms with Gasteiger partial charge >= 0.3 is 0 Å². The number of hydrogen-bond acceptors (Lipinski definition) is 5. The summed E-state index contributed by atoms with van der Waals surface area (Å²) >= 11 is 1.31. The average Bonchev–Trinajstić information content (AvgIpc) is 2.91. The summed E-state index contributed by atoms with van der Waals surface area (Å²) in [7, 11) is 0. The van der Waals surface area contributed by atoms with Gasteiger partial charge in [0.1, 0.15) is 16.6 Å². The number of nitriles is 1. The van der Waals surface area contributed by atoms with Gasteiger partial charge < -0.3 is 0 Å². The van der Waals surface area contributed by atoms with Gasteiger partial charge in [-0.15, -0.1) is 10.2 Å². The third-order valence-electron chi connectivity index (χ3n) is 2.91. The van der Waals surface area contributed by atoms with Crippen LogP contribution in [0.25, 0.3) is 6.08 Å². The molecule has 0 spiro atoms. The van der Waals surface area contributed by atoms with Crippen molar-refractivity contribution in [3.05, 3.63) is 45.5 Å². The van der Waals surface area contributed by atoms with Crippen molar-refractivity contribution in [1.29, 1.82) is 5.26 Å². The fourth-order valence-electron chi connectivity index (χ4n) is 2.02. The fourth-order valence-corrected chi connectivity index (χ4v) is 2.69. The maximum absolute atomic E-state index is 12.2. The Morgan fingerprint density at radius 2 is 2.00 bits per heavy atom. The van der Waals surface area contributed by atoms with Crippen molar-refractivity contribution in [2.24, 2.45) is 0 Å². The second kappa shape index (κ2) is 6.96. The Morgan fingerprint density at radius 3 is 2.55 bits per heavy atom. The summed E-state index contributed by atoms with van der Waals surface area (Å²) in [5, 5.41) is 20.9. The number of carbonyl (C=O) groups is 1. The van der Waals surface area contributed by atoms with E-state index >= 15 is 0 Å². The first-order chi connectivity index (χ1) is 10.5. The lowest BCUT2D eigenvalue weighted by Crippen LogP contribution is -2.13. The lowest BCUT2D eigenvalue weighted by Gasteiger charge is -2.02. The van der Waals surface area contributed by atoms with E-state index in [1.54, 1.807) is 6.08 Å². The number of amides is 1. The Hall–Kier alpha value is -2.52. The fraction of sp³-hybridized carbons (Fsp3) is 0.250. The van der Waals surface area contributed by atoms with Crippen molar-refractivity contribution >= 4 is 28.5 Å². The predicted octanol–water partition coefficient (Wildman–Crippen LogP) is 3.26. The number of hydrogen-bond donors (Lipinski definition) is 1. The Labute approximate surface area is 133 Å². The van der Waals surface area contributed by atoms with Gasteiger partial charge in [-0.25, -0.2) is 0 Å². The van der Waals surface area contributed by atoms with Crippen LogP contribution in [0, 0.1) is 25.2 Å². The molecule has 0 saturated carbocycles. The summed E-state index contributed by atoms with van der Waals surface area (Å²) in [6.45, 7) is 5.92. The molecule has 1 aromatic heterocycles. The Bertz CT molecular complexity index is 750. The van der Waals surface area contributed by atoms with Crippen LogP contribution in [0.15, 0.2) is 23.8 Å². The van der Waals surface area contributed by atoms with Crippen LogP contribution in [0.1, 0.15) is 28.6 Å². The summed E-state index contributed by atoms with van der Waals surface area (Å²) in [5.41, 5.74) is 3.04. The highest BCUT2D eigenvalue weighted by molar-refractivity contribution is 7.15. The van der Waals surface area contributed by atoms with Crippen LogP contribution >= 0.6 is 11.3 Å². The first-order valence-electron chi connectivity index (χ1n) is 6.85. The molecule has 1 amide bonds. The molecule has 6 heteroatoms. The van der Waals surface area contributed by atoms with Crippen molar-refractivity contribution in [1.82, 2.24) is 10.2 Å². The molecule has 112 valence electrons. The molecule has 0 aliphatic rings. The molecule has 0 atom stereocenters. The zero-order valence-corrected chi connectivity index (χ0v) is 13.5. The van der Waals surface area contributed by atoms with Crippen LogP contribution in [-0.4, -0.2) is 16.1 Å². The highest BCUT2D eigenvalue weighted by Crippen LogP contribution is 2.17. The van der Waals surface area contributed by atoms with Gasteiger partial charge in [0, 0.05) is 0 Å². The normalized spacial score (nSPS) is 11.1. The van der Waals surface area contributed by atoms with Gasteiger partial charge in [0.05, 0.1) is 0 Å². The first-order valence-corrected chi connectivity index (χ1v) is 7.67. The molecule has 2 rings (SSSR count). The van der Waals surface area contributed by atoms with Crippen LogP contribution in [0.2, 0.25) is 0 Å². The molecule has 0 saturated heterocycles. The molecule has 5 nitrogen and oxygen atoms in total. The zero-order valence-electron chi connectivity index (χ0n) is 12.7. The summed E-state index contributed by atoms with van der Waals surface area (Å²) in [4.78, 5) is 12.2. The number of rotatable bonds is 4. The maximum atomic E-state index is 12.2. The molecular formula is C16H16N4OS. The van der Waals surface area contributed by atoms with Crippen LogP contribution in [0.5, 0.6) is 0 Å². The molecular weight excluding hydrogens is 296 g/mol. The Balaban J connectivity index is 2.21. The number of anilines is 1. The van der Waals surface area contributed by atoms with Gasteiger partial charge in [0.25, 0.3) is 5.91 Å². The molecule has 22 heavy (non-hydrogen) atoms. The Kier molecular flexibility index (Phi) is 5.02. The smallest absolute Gasteiger partial charge is 0.268 e. The summed E-state index contributed by atoms with van der Waals surface area (Å²) in [6.07, 6.45) is 2.34. The maximum Gasteiger partial charge on any atom is 0.268 e. The van der Waals surface area contributed by atoms with Crippen molar-refractivity contribution in [3.63, 3.8) is 0 Å². The number of aromatic nitrogens is 2. The molecule has 0 bridgehead atoms.